The predicted molar refractivity (Wildman–Crippen MR) is 229 cm³/mol. The third-order valence-corrected chi connectivity index (χ3v) is 10.9. The first-order chi connectivity index (χ1) is 29.8. The van der Waals surface area contributed by atoms with Gasteiger partial charge in [0.15, 0.2) is 5.65 Å². The van der Waals surface area contributed by atoms with Crippen LogP contribution < -0.4 is 15.2 Å². The van der Waals surface area contributed by atoms with Gasteiger partial charge in [-0.25, -0.2) is 9.78 Å². The maximum absolute atomic E-state index is 12.7. The molecule has 0 fully saturated rings. The largest absolute Gasteiger partial charge is 0.493 e. The van der Waals surface area contributed by atoms with Crippen molar-refractivity contribution in [2.24, 2.45) is 36.4 Å². The van der Waals surface area contributed by atoms with Crippen molar-refractivity contribution in [3.05, 3.63) is 101 Å². The van der Waals surface area contributed by atoms with Gasteiger partial charge in [-0.1, -0.05) is 24.3 Å². The number of carbonyl (C=O) groups is 2. The van der Waals surface area contributed by atoms with E-state index in [1.54, 1.807) is 56.3 Å². The molecule has 0 aliphatic carbocycles. The molecule has 6 N–H and O–H groups in total. The van der Waals surface area contributed by atoms with E-state index in [1.165, 1.54) is 41.7 Å². The Morgan fingerprint density at radius 3 is 1.73 bits per heavy atom. The number of rotatable bonds is 18. The van der Waals surface area contributed by atoms with Gasteiger partial charge >= 0.3 is 5.97 Å². The van der Waals surface area contributed by atoms with Crippen molar-refractivity contribution in [1.82, 2.24) is 9.38 Å². The summed E-state index contributed by atoms with van der Waals surface area (Å²) in [6.07, 6.45) is -0.205. The van der Waals surface area contributed by atoms with Crippen LogP contribution in [-0.2, 0) is 20.2 Å². The summed E-state index contributed by atoms with van der Waals surface area (Å²) < 4.78 is 77.1. The van der Waals surface area contributed by atoms with E-state index in [0.717, 1.165) is 0 Å². The number of amides is 1. The lowest BCUT2D eigenvalue weighted by Crippen LogP contribution is -2.15. The van der Waals surface area contributed by atoms with E-state index in [1.807, 2.05) is 0 Å². The molecule has 0 unspecified atom stereocenters. The van der Waals surface area contributed by atoms with Gasteiger partial charge in [0, 0.05) is 12.1 Å². The number of aromatic nitrogens is 2. The van der Waals surface area contributed by atoms with Crippen LogP contribution in [0.1, 0.15) is 50.2 Å². The topological polar surface area (TPSA) is 319 Å². The van der Waals surface area contributed by atoms with E-state index in [2.05, 4.69) is 35.7 Å². The van der Waals surface area contributed by atoms with E-state index < -0.39 is 43.6 Å². The maximum atomic E-state index is 12.7. The van der Waals surface area contributed by atoms with Gasteiger partial charge in [-0.15, -0.1) is 20.5 Å². The van der Waals surface area contributed by atoms with Gasteiger partial charge in [0.05, 0.1) is 58.3 Å². The van der Waals surface area contributed by atoms with Gasteiger partial charge < -0.3 is 25.4 Å². The Bertz CT molecular complexity index is 3100. The number of aromatic hydroxyl groups is 1. The minimum Gasteiger partial charge on any atom is -0.493 e. The lowest BCUT2D eigenvalue weighted by atomic mass is 10.1. The molecule has 0 saturated heterocycles. The molecule has 1 amide bonds. The molecule has 2 aromatic heterocycles. The molecule has 23 heteroatoms. The number of azo groups is 3. The fourth-order valence-electron chi connectivity index (χ4n) is 6.22. The third-order valence-electron chi connectivity index (χ3n) is 9.27. The summed E-state index contributed by atoms with van der Waals surface area (Å²) in [5, 5.41) is 46.8. The Kier molecular flexibility index (Phi) is 13.5. The molecule has 0 atom stereocenters. The molecule has 21 nitrogen and oxygen atoms in total. The van der Waals surface area contributed by atoms with Crippen molar-refractivity contribution >= 4 is 82.9 Å². The van der Waals surface area contributed by atoms with E-state index in [4.69, 9.17) is 15.2 Å². The molecule has 0 aliphatic heterocycles. The quantitative estimate of drug-likeness (QED) is 0.0307. The SMILES string of the molecule is Cc1cc(N=Nc2c(C)c(C(N)=O)c3nc4ccccc4n3c2O)c(OCCCS(=O)(=O)O)cc1N=Nc1cc(C)c(N=Nc2ccccc2C(=O)O)cc1OCCCS(=O)(=O)O. The van der Waals surface area contributed by atoms with E-state index in [-0.39, 0.29) is 99.9 Å². The van der Waals surface area contributed by atoms with E-state index in [0.29, 0.717) is 22.2 Å². The van der Waals surface area contributed by atoms with Gasteiger partial charge in [0.25, 0.3) is 26.1 Å². The molecule has 4 aromatic carbocycles. The summed E-state index contributed by atoms with van der Waals surface area (Å²) >= 11 is 0. The zero-order chi connectivity index (χ0) is 45.6. The average Bonchev–Trinajstić information content (AvgIpc) is 3.59. The number of ether oxygens (including phenoxy) is 2. The van der Waals surface area contributed by atoms with Crippen molar-refractivity contribution in [1.29, 1.82) is 0 Å². The second-order valence-corrected chi connectivity index (χ2v) is 17.1. The number of para-hydroxylation sites is 2. The summed E-state index contributed by atoms with van der Waals surface area (Å²) in [5.74, 6) is -3.47. The molecule has 6 aromatic rings. The average molecular weight is 902 g/mol. The fourth-order valence-corrected chi connectivity index (χ4v) is 7.18. The minimum atomic E-state index is -4.31. The normalized spacial score (nSPS) is 12.3. The number of carbonyl (C=O) groups excluding carboxylic acids is 1. The second-order valence-electron chi connectivity index (χ2n) is 13.9. The number of nitrogens with two attached hydrogens (primary N) is 1. The van der Waals surface area contributed by atoms with Crippen LogP contribution in [-0.4, -0.2) is 82.1 Å². The van der Waals surface area contributed by atoms with Gasteiger partial charge in [0.2, 0.25) is 5.88 Å². The number of fused-ring (bicyclic) bond motifs is 3. The molecule has 0 bridgehead atoms. The predicted octanol–water partition coefficient (Wildman–Crippen LogP) is 8.48. The summed E-state index contributed by atoms with van der Waals surface area (Å²) in [6.45, 7) is 4.49. The number of benzene rings is 4. The lowest BCUT2D eigenvalue weighted by molar-refractivity contribution is 0.0697. The van der Waals surface area contributed by atoms with Crippen LogP contribution in [0.4, 0.5) is 34.1 Å². The maximum Gasteiger partial charge on any atom is 0.337 e. The monoisotopic (exact) mass is 901 g/mol. The molecular weight excluding hydrogens is 863 g/mol. The molecule has 0 radical (unpaired) electrons. The third kappa shape index (κ3) is 11.0. The molecule has 0 aliphatic rings. The first-order valence-electron chi connectivity index (χ1n) is 18.8. The van der Waals surface area contributed by atoms with Crippen molar-refractivity contribution < 1.29 is 55.2 Å². The Morgan fingerprint density at radius 1 is 0.698 bits per heavy atom. The minimum absolute atomic E-state index is 0.00297. The number of aryl methyl sites for hydroxylation is 2. The number of primary amides is 1. The molecule has 2 heterocycles. The highest BCUT2D eigenvalue weighted by molar-refractivity contribution is 7.86. The van der Waals surface area contributed by atoms with Crippen molar-refractivity contribution in [2.75, 3.05) is 24.7 Å². The first-order valence-corrected chi connectivity index (χ1v) is 22.0. The summed E-state index contributed by atoms with van der Waals surface area (Å²) in [6, 6.07) is 18.8. The Balaban J connectivity index is 1.39. The van der Waals surface area contributed by atoms with Gasteiger partial charge in [-0.3, -0.25) is 18.3 Å². The molecule has 328 valence electrons. The highest BCUT2D eigenvalue weighted by Crippen LogP contribution is 2.42. The summed E-state index contributed by atoms with van der Waals surface area (Å²) in [7, 11) is -8.59. The van der Waals surface area contributed by atoms with Crippen molar-refractivity contribution in [3.63, 3.8) is 0 Å². The fraction of sp³-hybridized carbons (Fsp3) is 0.225. The van der Waals surface area contributed by atoms with Crippen molar-refractivity contribution in [2.45, 2.75) is 33.6 Å². The lowest BCUT2D eigenvalue weighted by Gasteiger charge is -2.13. The van der Waals surface area contributed by atoms with Crippen LogP contribution in [0.3, 0.4) is 0 Å². The van der Waals surface area contributed by atoms with Crippen LogP contribution in [0.25, 0.3) is 16.7 Å². The number of carboxylic acid groups (broad SMARTS) is 1. The first kappa shape index (κ1) is 45.3. The van der Waals surface area contributed by atoms with Gasteiger partial charge in [-0.05, 0) is 86.7 Å². The number of carboxylic acids is 1. The molecule has 6 rings (SSSR count). The number of hydrogen-bond acceptors (Lipinski definition) is 16. The Hall–Kier alpha value is -7.21. The zero-order valence-corrected chi connectivity index (χ0v) is 35.3. The molecule has 63 heavy (non-hydrogen) atoms. The summed E-state index contributed by atoms with van der Waals surface area (Å²) in [4.78, 5) is 28.9. The Morgan fingerprint density at radius 2 is 1.19 bits per heavy atom. The van der Waals surface area contributed by atoms with Gasteiger partial charge in [-0.2, -0.15) is 27.1 Å². The highest BCUT2D eigenvalue weighted by Gasteiger charge is 2.24. The number of pyridine rings is 1. The molecule has 0 spiro atoms. The van der Waals surface area contributed by atoms with E-state index >= 15 is 0 Å². The van der Waals surface area contributed by atoms with Crippen molar-refractivity contribution in [3.8, 4) is 17.4 Å². The number of nitrogens with zero attached hydrogens (tertiary/aromatic N) is 8. The summed E-state index contributed by atoms with van der Waals surface area (Å²) in [5.41, 5.74) is 8.66. The van der Waals surface area contributed by atoms with Crippen LogP contribution in [0.5, 0.6) is 17.4 Å². The number of aromatic carboxylic acids is 1. The van der Waals surface area contributed by atoms with Crippen LogP contribution >= 0.6 is 0 Å². The molecule has 0 saturated carbocycles. The highest BCUT2D eigenvalue weighted by atomic mass is 32.2. The second kappa shape index (κ2) is 18.8. The van der Waals surface area contributed by atoms with E-state index in [9.17, 15) is 45.7 Å². The zero-order valence-electron chi connectivity index (χ0n) is 33.7. The number of imidazole rings is 1. The number of hydrogen-bond donors (Lipinski definition) is 5. The Labute approximate surface area is 359 Å². The molecular formula is C40H39N9O12S2. The smallest absolute Gasteiger partial charge is 0.337 e. The van der Waals surface area contributed by atoms with Crippen LogP contribution in [0.15, 0.2) is 103 Å². The van der Waals surface area contributed by atoms with Gasteiger partial charge in [0.1, 0.15) is 34.2 Å². The standard InChI is InChI=1S/C40H39N9O12S2/c1-22-18-30(33(60-14-8-16-62(54,55)56)20-28(22)44-43-26-11-5-4-10-25(26)40(52)53)46-45-29-21-34(61-15-9-17-63(57,58)59)31(19-23(29)2)47-48-36-24(3)35(37(41)50)38-42-27-12-6-7-13-32(27)49(38)39(36)51/h4-7,10-13,18-21,51H,8-9,14-17H2,1-3H3,(H2,41,50)(H,52,53)(H,54,55,56)(H,57,58,59). The van der Waals surface area contributed by atoms with Crippen LogP contribution in [0, 0.1) is 20.8 Å². The van der Waals surface area contributed by atoms with Crippen LogP contribution in [0.2, 0.25) is 0 Å².